The van der Waals surface area contributed by atoms with Crippen LogP contribution in [-0.4, -0.2) is 40.7 Å². The van der Waals surface area contributed by atoms with Gasteiger partial charge in [0.25, 0.3) is 5.91 Å². The molecule has 7 heteroatoms. The molecule has 0 radical (unpaired) electrons. The summed E-state index contributed by atoms with van der Waals surface area (Å²) in [6.45, 7) is 2.06. The van der Waals surface area contributed by atoms with Gasteiger partial charge in [-0.15, -0.1) is 11.3 Å². The minimum absolute atomic E-state index is 0.00588. The highest BCUT2D eigenvalue weighted by atomic mass is 32.1. The zero-order chi connectivity index (χ0) is 12.5. The summed E-state index contributed by atoms with van der Waals surface area (Å²) in [7, 11) is 0. The fourth-order valence-electron chi connectivity index (χ4n) is 1.68. The van der Waals surface area contributed by atoms with Crippen LogP contribution < -0.4 is 5.32 Å². The summed E-state index contributed by atoms with van der Waals surface area (Å²) < 4.78 is 5.06. The molecular weight excluding hydrogens is 244 g/mol. The highest BCUT2D eigenvalue weighted by molar-refractivity contribution is 7.11. The number of nitrogens with zero attached hydrogens (tertiary/aromatic N) is 1. The van der Waals surface area contributed by atoms with Crippen molar-refractivity contribution in [2.45, 2.75) is 18.9 Å². The molecule has 2 heterocycles. The number of carboxylic acids is 1. The normalized spacial score (nSPS) is 23.6. The molecule has 0 aliphatic carbocycles. The Balaban J connectivity index is 2.17. The molecule has 2 rings (SSSR count). The number of thiazole rings is 1. The first kappa shape index (κ1) is 12.0. The maximum absolute atomic E-state index is 11.9. The predicted octanol–water partition coefficient (Wildman–Crippen LogP) is 0.425. The minimum Gasteiger partial charge on any atom is -0.479 e. The van der Waals surface area contributed by atoms with Gasteiger partial charge in [-0.2, -0.15) is 0 Å². The van der Waals surface area contributed by atoms with Gasteiger partial charge in [-0.25, -0.2) is 9.78 Å². The number of aromatic nitrogens is 1. The largest absolute Gasteiger partial charge is 0.479 e. The average Bonchev–Trinajstić information content (AvgIpc) is 2.87. The third-order valence-electron chi connectivity index (χ3n) is 2.74. The van der Waals surface area contributed by atoms with Crippen LogP contribution in [0, 0.1) is 6.92 Å². The van der Waals surface area contributed by atoms with Crippen LogP contribution in [0.1, 0.15) is 21.8 Å². The number of carbonyl (C=O) groups is 2. The second kappa shape index (κ2) is 4.42. The lowest BCUT2D eigenvalue weighted by Crippen LogP contribution is -2.55. The van der Waals surface area contributed by atoms with Gasteiger partial charge in [0.15, 0.2) is 5.54 Å². The van der Waals surface area contributed by atoms with Gasteiger partial charge in [-0.1, -0.05) is 0 Å². The topological polar surface area (TPSA) is 88.5 Å². The molecule has 17 heavy (non-hydrogen) atoms. The van der Waals surface area contributed by atoms with Crippen LogP contribution in [0.25, 0.3) is 0 Å². The molecule has 1 aliphatic heterocycles. The molecule has 1 aliphatic rings. The second-order valence-electron chi connectivity index (χ2n) is 3.91. The van der Waals surface area contributed by atoms with E-state index >= 15 is 0 Å². The van der Waals surface area contributed by atoms with Crippen LogP contribution in [0.5, 0.6) is 0 Å². The fraction of sp³-hybridized carbons (Fsp3) is 0.500. The Morgan fingerprint density at radius 2 is 2.41 bits per heavy atom. The summed E-state index contributed by atoms with van der Waals surface area (Å²) in [5, 5.41) is 11.7. The molecule has 1 fully saturated rings. The molecule has 1 saturated heterocycles. The molecule has 1 aromatic rings. The zero-order valence-electron chi connectivity index (χ0n) is 9.23. The van der Waals surface area contributed by atoms with E-state index in [-0.39, 0.29) is 13.0 Å². The molecule has 0 saturated carbocycles. The summed E-state index contributed by atoms with van der Waals surface area (Å²) in [6.07, 6.45) is 0.284. The van der Waals surface area contributed by atoms with E-state index in [4.69, 9.17) is 4.74 Å². The van der Waals surface area contributed by atoms with Crippen molar-refractivity contribution in [3.8, 4) is 0 Å². The summed E-state index contributed by atoms with van der Waals surface area (Å²) in [5.41, 5.74) is 0.864. The second-order valence-corrected chi connectivity index (χ2v) is 4.77. The molecule has 1 unspecified atom stereocenters. The standard InChI is InChI=1S/C10H12N2O4S/c1-6-7(17-5-11-6)8(13)12-10(9(14)15)2-3-16-4-10/h5H,2-4H2,1H3,(H,12,13)(H,14,15). The first-order chi connectivity index (χ1) is 8.05. The first-order valence-corrected chi connectivity index (χ1v) is 5.97. The Labute approximate surface area is 102 Å². The van der Waals surface area contributed by atoms with E-state index in [9.17, 15) is 14.7 Å². The number of amides is 1. The number of rotatable bonds is 3. The van der Waals surface area contributed by atoms with Crippen molar-refractivity contribution < 1.29 is 19.4 Å². The molecule has 1 atom stereocenters. The molecule has 92 valence electrons. The molecule has 0 spiro atoms. The van der Waals surface area contributed by atoms with Gasteiger partial charge in [0, 0.05) is 13.0 Å². The van der Waals surface area contributed by atoms with Crippen molar-refractivity contribution in [2.24, 2.45) is 0 Å². The van der Waals surface area contributed by atoms with Gasteiger partial charge in [-0.3, -0.25) is 4.79 Å². The van der Waals surface area contributed by atoms with Crippen LogP contribution >= 0.6 is 11.3 Å². The summed E-state index contributed by atoms with van der Waals surface area (Å²) in [6, 6.07) is 0. The number of carboxylic acid groups (broad SMARTS) is 1. The Hall–Kier alpha value is -1.47. The smallest absolute Gasteiger partial charge is 0.331 e. The van der Waals surface area contributed by atoms with Crippen molar-refractivity contribution in [3.63, 3.8) is 0 Å². The van der Waals surface area contributed by atoms with E-state index in [2.05, 4.69) is 10.3 Å². The van der Waals surface area contributed by atoms with Crippen LogP contribution in [0.4, 0.5) is 0 Å². The van der Waals surface area contributed by atoms with Crippen molar-refractivity contribution in [1.82, 2.24) is 10.3 Å². The molecule has 1 amide bonds. The highest BCUT2D eigenvalue weighted by Gasteiger charge is 2.44. The van der Waals surface area contributed by atoms with Crippen molar-refractivity contribution in [1.29, 1.82) is 0 Å². The van der Waals surface area contributed by atoms with E-state index in [1.807, 2.05) is 0 Å². The van der Waals surface area contributed by atoms with Crippen LogP contribution in [0.2, 0.25) is 0 Å². The maximum Gasteiger partial charge on any atom is 0.331 e. The van der Waals surface area contributed by atoms with Crippen molar-refractivity contribution >= 4 is 23.2 Å². The number of aryl methyl sites for hydroxylation is 1. The lowest BCUT2D eigenvalue weighted by atomic mass is 9.99. The van der Waals surface area contributed by atoms with Gasteiger partial charge in [0.1, 0.15) is 4.88 Å². The highest BCUT2D eigenvalue weighted by Crippen LogP contribution is 2.21. The van der Waals surface area contributed by atoms with Gasteiger partial charge in [-0.05, 0) is 6.92 Å². The van der Waals surface area contributed by atoms with Gasteiger partial charge in [0.05, 0.1) is 17.8 Å². The SMILES string of the molecule is Cc1ncsc1C(=O)NC1(C(=O)O)CCOC1. The fourth-order valence-corrected chi connectivity index (χ4v) is 2.38. The Kier molecular flexibility index (Phi) is 3.12. The van der Waals surface area contributed by atoms with E-state index in [0.29, 0.717) is 17.2 Å². The van der Waals surface area contributed by atoms with Gasteiger partial charge in [0.2, 0.25) is 0 Å². The van der Waals surface area contributed by atoms with Crippen LogP contribution in [-0.2, 0) is 9.53 Å². The lowest BCUT2D eigenvalue weighted by Gasteiger charge is -2.23. The van der Waals surface area contributed by atoms with Crippen LogP contribution in [0.15, 0.2) is 5.51 Å². The predicted molar refractivity (Wildman–Crippen MR) is 60.1 cm³/mol. The monoisotopic (exact) mass is 256 g/mol. The number of hydrogen-bond donors (Lipinski definition) is 2. The summed E-state index contributed by atoms with van der Waals surface area (Å²) >= 11 is 1.19. The maximum atomic E-state index is 11.9. The number of carbonyl (C=O) groups excluding carboxylic acids is 1. The van der Waals surface area contributed by atoms with Crippen molar-refractivity contribution in [2.75, 3.05) is 13.2 Å². The lowest BCUT2D eigenvalue weighted by molar-refractivity contribution is -0.144. The Morgan fingerprint density at radius 1 is 1.65 bits per heavy atom. The van der Waals surface area contributed by atoms with Gasteiger partial charge >= 0.3 is 5.97 Å². The summed E-state index contributed by atoms with van der Waals surface area (Å²) in [4.78, 5) is 27.5. The number of aliphatic carboxylic acids is 1. The van der Waals surface area contributed by atoms with E-state index < -0.39 is 17.4 Å². The summed E-state index contributed by atoms with van der Waals surface area (Å²) in [5.74, 6) is -1.47. The Morgan fingerprint density at radius 3 is 2.88 bits per heavy atom. The van der Waals surface area contributed by atoms with E-state index in [1.165, 1.54) is 11.3 Å². The quantitative estimate of drug-likeness (QED) is 0.818. The molecule has 0 bridgehead atoms. The van der Waals surface area contributed by atoms with E-state index in [1.54, 1.807) is 12.4 Å². The number of nitrogens with one attached hydrogen (secondary N) is 1. The molecule has 2 N–H and O–H groups in total. The molecule has 0 aromatic carbocycles. The average molecular weight is 256 g/mol. The minimum atomic E-state index is -1.30. The number of hydrogen-bond acceptors (Lipinski definition) is 5. The van der Waals surface area contributed by atoms with E-state index in [0.717, 1.165) is 0 Å². The zero-order valence-corrected chi connectivity index (χ0v) is 10.0. The molecular formula is C10H12N2O4S. The molecule has 6 nitrogen and oxygen atoms in total. The first-order valence-electron chi connectivity index (χ1n) is 5.09. The van der Waals surface area contributed by atoms with Crippen LogP contribution in [0.3, 0.4) is 0 Å². The van der Waals surface area contributed by atoms with Gasteiger partial charge < -0.3 is 15.2 Å². The van der Waals surface area contributed by atoms with Crippen molar-refractivity contribution in [3.05, 3.63) is 16.1 Å². The third kappa shape index (κ3) is 2.16. The third-order valence-corrected chi connectivity index (χ3v) is 3.66. The number of ether oxygens (including phenoxy) is 1. The molecule has 1 aromatic heterocycles. The Bertz CT molecular complexity index is 451.